The fourth-order valence-corrected chi connectivity index (χ4v) is 6.74. The third-order valence-electron chi connectivity index (χ3n) is 7.89. The quantitative estimate of drug-likeness (QED) is 0.780. The molecule has 1 amide bonds. The summed E-state index contributed by atoms with van der Waals surface area (Å²) in [4.78, 5) is 20.5. The molecule has 1 aliphatic carbocycles. The first-order valence-corrected chi connectivity index (χ1v) is 10.1. The van der Waals surface area contributed by atoms with Gasteiger partial charge in [0.15, 0.2) is 0 Å². The Balaban J connectivity index is 1.45. The molecule has 5 aliphatic rings. The Hall–Kier alpha value is -2.48. The minimum Gasteiger partial charge on any atom is -0.497 e. The number of nitrogens with one attached hydrogen (secondary N) is 1. The van der Waals surface area contributed by atoms with Gasteiger partial charge in [-0.3, -0.25) is 14.7 Å². The molecule has 5 unspecified atom stereocenters. The van der Waals surface area contributed by atoms with Gasteiger partial charge in [0.1, 0.15) is 24.8 Å². The number of hydrogen-bond donors (Lipinski definition) is 1. The second-order valence-corrected chi connectivity index (χ2v) is 8.76. The molecule has 0 radical (unpaired) electrons. The highest BCUT2D eigenvalue weighted by molar-refractivity contribution is 6.01. The summed E-state index contributed by atoms with van der Waals surface area (Å²) in [7, 11) is 1.64. The number of pyridine rings is 1. The lowest BCUT2D eigenvalue weighted by Gasteiger charge is -2.32. The van der Waals surface area contributed by atoms with Crippen molar-refractivity contribution in [1.82, 2.24) is 15.2 Å². The van der Waals surface area contributed by atoms with Crippen molar-refractivity contribution in [3.8, 4) is 5.75 Å². The van der Waals surface area contributed by atoms with Crippen LogP contribution >= 0.6 is 0 Å². The van der Waals surface area contributed by atoms with Gasteiger partial charge in [0, 0.05) is 11.9 Å². The first kappa shape index (κ1) is 16.3. The lowest BCUT2D eigenvalue weighted by molar-refractivity contribution is -0.0118. The molecule has 1 aromatic carbocycles. The number of amides is 1. The Morgan fingerprint density at radius 1 is 1.38 bits per heavy atom. The van der Waals surface area contributed by atoms with Crippen LogP contribution in [0.3, 0.4) is 0 Å². The summed E-state index contributed by atoms with van der Waals surface area (Å²) in [5.41, 5.74) is 2.03. The van der Waals surface area contributed by atoms with Gasteiger partial charge in [0.05, 0.1) is 46.9 Å². The lowest BCUT2D eigenvalue weighted by Crippen LogP contribution is -2.52. The summed E-state index contributed by atoms with van der Waals surface area (Å²) in [5.74, 6) is 0.705. The van der Waals surface area contributed by atoms with Crippen LogP contribution in [-0.2, 0) is 14.9 Å². The number of benzene rings is 1. The molecule has 7 heteroatoms. The summed E-state index contributed by atoms with van der Waals surface area (Å²) < 4.78 is 17.4. The zero-order valence-corrected chi connectivity index (χ0v) is 16.1. The molecular weight excluding hydrogens is 370 g/mol. The predicted octanol–water partition coefficient (Wildman–Crippen LogP) is 1.36. The van der Waals surface area contributed by atoms with E-state index >= 15 is 0 Å². The summed E-state index contributed by atoms with van der Waals surface area (Å²) in [6, 6.07) is 7.88. The van der Waals surface area contributed by atoms with Crippen LogP contribution in [0.1, 0.15) is 22.5 Å². The molecule has 2 spiro atoms. The van der Waals surface area contributed by atoms with Crippen molar-refractivity contribution in [1.29, 1.82) is 0 Å². The van der Waals surface area contributed by atoms with Crippen molar-refractivity contribution >= 4 is 16.8 Å². The molecule has 1 aromatic heterocycles. The molecule has 5 heterocycles. The number of nitrogens with zero attached hydrogens (tertiary/aromatic N) is 2. The zero-order valence-electron chi connectivity index (χ0n) is 16.1. The Labute approximate surface area is 167 Å². The molecule has 29 heavy (non-hydrogen) atoms. The molecule has 7 nitrogen and oxygen atoms in total. The van der Waals surface area contributed by atoms with E-state index in [1.165, 1.54) is 0 Å². The maximum atomic E-state index is 13.0. The third-order valence-corrected chi connectivity index (χ3v) is 7.89. The van der Waals surface area contributed by atoms with Gasteiger partial charge in [-0.15, -0.1) is 6.58 Å². The lowest BCUT2D eigenvalue weighted by atomic mass is 9.81. The third kappa shape index (κ3) is 1.61. The number of rotatable bonds is 2. The van der Waals surface area contributed by atoms with E-state index < -0.39 is 0 Å². The highest BCUT2D eigenvalue weighted by Crippen LogP contribution is 2.74. The van der Waals surface area contributed by atoms with E-state index in [9.17, 15) is 4.79 Å². The van der Waals surface area contributed by atoms with E-state index in [0.717, 1.165) is 35.3 Å². The largest absolute Gasteiger partial charge is 0.497 e. The minimum atomic E-state index is -0.237. The smallest absolute Gasteiger partial charge is 0.253 e. The standard InChI is InChI=1S/C22H21N3O4/c1-3-15-17-19(29-10-28-17)22-9-21(22)16(8-25(15)22)24-20(26)13-7-11-6-12(27-2)4-5-14(11)23-18(13)21/h3-7,15-17,19H,1,8-10H2,2H3,(H,24,26)/t15?,16?,17?,19-,21?,22?/m1/s1. The molecule has 6 atom stereocenters. The molecule has 1 N–H and O–H groups in total. The fourth-order valence-electron chi connectivity index (χ4n) is 6.74. The monoisotopic (exact) mass is 391 g/mol. The van der Waals surface area contributed by atoms with E-state index in [-0.39, 0.29) is 41.2 Å². The van der Waals surface area contributed by atoms with Crippen LogP contribution in [0.5, 0.6) is 5.75 Å². The van der Waals surface area contributed by atoms with Crippen molar-refractivity contribution in [2.45, 2.75) is 41.7 Å². The second kappa shape index (κ2) is 4.98. The number of methoxy groups -OCH3 is 1. The number of hydrogen-bond acceptors (Lipinski definition) is 6. The Morgan fingerprint density at radius 2 is 2.28 bits per heavy atom. The topological polar surface area (TPSA) is 72.9 Å². The van der Waals surface area contributed by atoms with Crippen LogP contribution in [0.25, 0.3) is 10.9 Å². The van der Waals surface area contributed by atoms with E-state index in [0.29, 0.717) is 12.4 Å². The maximum Gasteiger partial charge on any atom is 0.253 e. The van der Waals surface area contributed by atoms with Crippen molar-refractivity contribution in [3.63, 3.8) is 0 Å². The van der Waals surface area contributed by atoms with E-state index in [1.807, 2.05) is 30.3 Å². The zero-order chi connectivity index (χ0) is 19.5. The van der Waals surface area contributed by atoms with Crippen LogP contribution < -0.4 is 10.1 Å². The average molecular weight is 391 g/mol. The molecule has 3 saturated heterocycles. The molecule has 4 fully saturated rings. The van der Waals surface area contributed by atoms with E-state index in [2.05, 4.69) is 16.8 Å². The van der Waals surface area contributed by atoms with Gasteiger partial charge in [-0.25, -0.2) is 0 Å². The molecule has 148 valence electrons. The fraction of sp³-hybridized carbons (Fsp3) is 0.455. The molecule has 1 saturated carbocycles. The first-order valence-electron chi connectivity index (χ1n) is 10.1. The first-order chi connectivity index (χ1) is 14.1. The van der Waals surface area contributed by atoms with Crippen LogP contribution in [0, 0.1) is 0 Å². The van der Waals surface area contributed by atoms with Gasteiger partial charge in [-0.05, 0) is 30.7 Å². The average Bonchev–Trinajstić information content (AvgIpc) is 2.98. The van der Waals surface area contributed by atoms with Gasteiger partial charge in [-0.1, -0.05) is 6.08 Å². The van der Waals surface area contributed by atoms with Crippen molar-refractivity contribution in [2.75, 3.05) is 20.4 Å². The molecule has 2 aromatic rings. The van der Waals surface area contributed by atoms with Crippen molar-refractivity contribution in [3.05, 3.63) is 48.2 Å². The normalized spacial score (nSPS) is 41.2. The Bertz CT molecular complexity index is 1120. The van der Waals surface area contributed by atoms with Gasteiger partial charge >= 0.3 is 0 Å². The number of piperidine rings is 1. The Kier molecular flexibility index (Phi) is 2.80. The van der Waals surface area contributed by atoms with Gasteiger partial charge in [-0.2, -0.15) is 0 Å². The van der Waals surface area contributed by atoms with E-state index in [4.69, 9.17) is 19.2 Å². The summed E-state index contributed by atoms with van der Waals surface area (Å²) in [5, 5.41) is 4.18. The van der Waals surface area contributed by atoms with Crippen molar-refractivity contribution < 1.29 is 19.0 Å². The molecule has 7 rings (SSSR count). The highest BCUT2D eigenvalue weighted by atomic mass is 16.7. The molecular formula is C22H21N3O4. The van der Waals surface area contributed by atoms with Crippen LogP contribution in [0.2, 0.25) is 0 Å². The number of fused-ring (bicyclic) bond motifs is 3. The number of aromatic nitrogens is 1. The van der Waals surface area contributed by atoms with E-state index in [1.54, 1.807) is 7.11 Å². The van der Waals surface area contributed by atoms with Gasteiger partial charge < -0.3 is 19.5 Å². The van der Waals surface area contributed by atoms with Crippen molar-refractivity contribution in [2.24, 2.45) is 0 Å². The molecule has 4 aliphatic heterocycles. The summed E-state index contributed by atoms with van der Waals surface area (Å²) in [6.45, 7) is 5.14. The second-order valence-electron chi connectivity index (χ2n) is 8.76. The summed E-state index contributed by atoms with van der Waals surface area (Å²) >= 11 is 0. The predicted molar refractivity (Wildman–Crippen MR) is 104 cm³/mol. The Morgan fingerprint density at radius 3 is 3.10 bits per heavy atom. The van der Waals surface area contributed by atoms with Gasteiger partial charge in [0.2, 0.25) is 0 Å². The van der Waals surface area contributed by atoms with Crippen LogP contribution in [0.4, 0.5) is 0 Å². The maximum absolute atomic E-state index is 13.0. The number of ether oxygens (including phenoxy) is 3. The van der Waals surface area contributed by atoms with Crippen LogP contribution in [-0.4, -0.2) is 66.1 Å². The van der Waals surface area contributed by atoms with Crippen LogP contribution in [0.15, 0.2) is 36.9 Å². The number of carbonyl (C=O) groups is 1. The summed E-state index contributed by atoms with van der Waals surface area (Å²) in [6.07, 6.45) is 2.86. The highest BCUT2D eigenvalue weighted by Gasteiger charge is 2.88. The SMILES string of the molecule is C=CC1C2OCO[C@H]2C23CC24c2nc5ccc(OC)cc5cc2C(=O)NC4CN13. The van der Waals surface area contributed by atoms with Gasteiger partial charge in [0.25, 0.3) is 5.91 Å². The number of carbonyl (C=O) groups excluding carboxylic acids is 1. The molecule has 0 bridgehead atoms. The minimum absolute atomic E-state index is 0.00128.